The van der Waals surface area contributed by atoms with Gasteiger partial charge in [-0.25, -0.2) is 9.18 Å². The van der Waals surface area contributed by atoms with Crippen LogP contribution in [0.2, 0.25) is 0 Å². The minimum Gasteiger partial charge on any atom is -0.444 e. The molecule has 3 aliphatic rings. The molecule has 3 heterocycles. The minimum atomic E-state index is -0.523. The lowest BCUT2D eigenvalue weighted by atomic mass is 10.1. The number of fused-ring (bicyclic) bond motifs is 1. The molecule has 0 radical (unpaired) electrons. The summed E-state index contributed by atoms with van der Waals surface area (Å²) in [7, 11) is 0. The summed E-state index contributed by atoms with van der Waals surface area (Å²) in [5.41, 5.74) is 0.578. The number of carbonyl (C=O) groups is 2. The Morgan fingerprint density at radius 1 is 1.17 bits per heavy atom. The van der Waals surface area contributed by atoms with Crippen LogP contribution in [0, 0.1) is 23.6 Å². The molecule has 2 saturated heterocycles. The highest BCUT2D eigenvalue weighted by atomic mass is 32.1. The second-order valence-electron chi connectivity index (χ2n) is 10.5. The number of halogens is 1. The summed E-state index contributed by atoms with van der Waals surface area (Å²) in [4.78, 5) is 31.9. The average molecular weight is 502 g/mol. The third-order valence-electron chi connectivity index (χ3n) is 6.99. The molecular weight excluding hydrogens is 469 g/mol. The minimum absolute atomic E-state index is 0.118. The first-order valence-electron chi connectivity index (χ1n) is 12.2. The summed E-state index contributed by atoms with van der Waals surface area (Å²) in [6.07, 6.45) is -0.282. The van der Waals surface area contributed by atoms with Gasteiger partial charge in [0.05, 0.1) is 23.8 Å². The number of morpholine rings is 1. The molecule has 188 valence electrons. The molecule has 1 aromatic carbocycles. The first-order chi connectivity index (χ1) is 16.7. The SMILES string of the molecule is CC(C)(C)OC(=O)N1CC2C(C1)C2CN(C(=O)c1cccs1)c1ccc(N2CCOCC2)c(F)c1. The third kappa shape index (κ3) is 5.16. The molecule has 7 nitrogen and oxygen atoms in total. The van der Waals surface area contributed by atoms with E-state index >= 15 is 4.39 Å². The Bertz CT molecular complexity index is 1070. The number of ether oxygens (including phenoxy) is 2. The lowest BCUT2D eigenvalue weighted by Crippen LogP contribution is -2.39. The van der Waals surface area contributed by atoms with Gasteiger partial charge in [-0.15, -0.1) is 11.3 Å². The van der Waals surface area contributed by atoms with Crippen molar-refractivity contribution >= 4 is 34.7 Å². The van der Waals surface area contributed by atoms with E-state index in [0.717, 1.165) is 0 Å². The number of nitrogens with zero attached hydrogens (tertiary/aromatic N) is 3. The van der Waals surface area contributed by atoms with E-state index in [0.29, 0.717) is 74.0 Å². The highest BCUT2D eigenvalue weighted by Gasteiger charge is 2.57. The molecule has 9 heteroatoms. The van der Waals surface area contributed by atoms with Crippen LogP contribution in [0.1, 0.15) is 30.4 Å². The van der Waals surface area contributed by atoms with Gasteiger partial charge in [-0.2, -0.15) is 0 Å². The number of hydrogen-bond donors (Lipinski definition) is 0. The monoisotopic (exact) mass is 501 g/mol. The van der Waals surface area contributed by atoms with E-state index in [9.17, 15) is 9.59 Å². The van der Waals surface area contributed by atoms with Crippen molar-refractivity contribution < 1.29 is 23.5 Å². The van der Waals surface area contributed by atoms with Gasteiger partial charge in [-0.3, -0.25) is 4.79 Å². The quantitative estimate of drug-likeness (QED) is 0.605. The van der Waals surface area contributed by atoms with Crippen LogP contribution < -0.4 is 9.80 Å². The fourth-order valence-corrected chi connectivity index (χ4v) is 5.84. The van der Waals surface area contributed by atoms with E-state index in [2.05, 4.69) is 0 Å². The van der Waals surface area contributed by atoms with Crippen molar-refractivity contribution in [1.82, 2.24) is 4.90 Å². The normalized spacial score (nSPS) is 23.7. The first-order valence-corrected chi connectivity index (χ1v) is 13.0. The Hall–Kier alpha value is -2.65. The van der Waals surface area contributed by atoms with Gasteiger partial charge in [-0.05, 0) is 68.2 Å². The highest BCUT2D eigenvalue weighted by Crippen LogP contribution is 2.52. The van der Waals surface area contributed by atoms with E-state index in [-0.39, 0.29) is 23.7 Å². The maximum Gasteiger partial charge on any atom is 0.410 e. The fourth-order valence-electron chi connectivity index (χ4n) is 5.17. The van der Waals surface area contributed by atoms with Crippen LogP contribution in [0.15, 0.2) is 35.7 Å². The predicted octanol–water partition coefficient (Wildman–Crippen LogP) is 4.48. The van der Waals surface area contributed by atoms with Crippen molar-refractivity contribution in [2.45, 2.75) is 26.4 Å². The molecule has 1 saturated carbocycles. The van der Waals surface area contributed by atoms with Gasteiger partial charge in [0.1, 0.15) is 11.4 Å². The average Bonchev–Trinajstić information content (AvgIpc) is 3.22. The summed E-state index contributed by atoms with van der Waals surface area (Å²) in [5.74, 6) is 0.491. The molecule has 1 aliphatic carbocycles. The number of amides is 2. The molecular formula is C26H32FN3O4S. The summed E-state index contributed by atoms with van der Waals surface area (Å²) in [6, 6.07) is 8.73. The van der Waals surface area contributed by atoms with Gasteiger partial charge in [0.15, 0.2) is 0 Å². The molecule has 2 aliphatic heterocycles. The number of benzene rings is 1. The Kier molecular flexibility index (Phi) is 6.48. The van der Waals surface area contributed by atoms with Crippen molar-refractivity contribution in [2.75, 3.05) is 55.7 Å². The molecule has 1 aromatic heterocycles. The number of thiophene rings is 1. The number of hydrogen-bond acceptors (Lipinski definition) is 6. The number of rotatable bonds is 5. The lowest BCUT2D eigenvalue weighted by Gasteiger charge is -2.30. The van der Waals surface area contributed by atoms with Crippen LogP contribution in [-0.2, 0) is 9.47 Å². The van der Waals surface area contributed by atoms with E-state index in [1.165, 1.54) is 17.4 Å². The van der Waals surface area contributed by atoms with Crippen LogP contribution in [0.4, 0.5) is 20.6 Å². The van der Waals surface area contributed by atoms with Crippen LogP contribution in [0.5, 0.6) is 0 Å². The number of likely N-dealkylation sites (tertiary alicyclic amines) is 1. The van der Waals surface area contributed by atoms with Gasteiger partial charge in [0, 0.05) is 38.4 Å². The summed E-state index contributed by atoms with van der Waals surface area (Å²) >= 11 is 1.39. The smallest absolute Gasteiger partial charge is 0.410 e. The van der Waals surface area contributed by atoms with Gasteiger partial charge in [0.25, 0.3) is 5.91 Å². The van der Waals surface area contributed by atoms with E-state index in [1.54, 1.807) is 21.9 Å². The molecule has 2 aromatic rings. The molecule has 35 heavy (non-hydrogen) atoms. The maximum absolute atomic E-state index is 15.2. The summed E-state index contributed by atoms with van der Waals surface area (Å²) in [6.45, 7) is 9.81. The van der Waals surface area contributed by atoms with Crippen LogP contribution in [-0.4, -0.2) is 68.4 Å². The number of anilines is 2. The number of carbonyl (C=O) groups excluding carboxylic acids is 2. The van der Waals surface area contributed by atoms with Crippen molar-refractivity contribution in [2.24, 2.45) is 17.8 Å². The van der Waals surface area contributed by atoms with Gasteiger partial charge >= 0.3 is 6.09 Å². The molecule has 2 unspecified atom stereocenters. The Labute approximate surface area is 209 Å². The van der Waals surface area contributed by atoms with Crippen molar-refractivity contribution in [1.29, 1.82) is 0 Å². The second-order valence-corrected chi connectivity index (χ2v) is 11.5. The third-order valence-corrected chi connectivity index (χ3v) is 7.85. The van der Waals surface area contributed by atoms with Gasteiger partial charge < -0.3 is 24.2 Å². The summed E-state index contributed by atoms with van der Waals surface area (Å²) in [5, 5.41) is 1.87. The van der Waals surface area contributed by atoms with Gasteiger partial charge in [-0.1, -0.05) is 6.07 Å². The van der Waals surface area contributed by atoms with Crippen LogP contribution in [0.3, 0.4) is 0 Å². The van der Waals surface area contributed by atoms with Crippen LogP contribution >= 0.6 is 11.3 Å². The second kappa shape index (κ2) is 9.43. The Morgan fingerprint density at radius 3 is 2.49 bits per heavy atom. The van der Waals surface area contributed by atoms with E-state index < -0.39 is 5.60 Å². The van der Waals surface area contributed by atoms with Crippen molar-refractivity contribution in [3.63, 3.8) is 0 Å². The van der Waals surface area contributed by atoms with E-state index in [1.807, 2.05) is 43.2 Å². The molecule has 2 amide bonds. The molecule has 0 N–H and O–H groups in total. The molecule has 3 fully saturated rings. The molecule has 0 spiro atoms. The zero-order valence-corrected chi connectivity index (χ0v) is 21.2. The standard InChI is InChI=1S/C26H32FN3O4S/c1-26(2,3)34-25(32)29-14-18-19(15-29)20(18)16-30(24(31)23-5-4-12-35-23)17-6-7-22(21(27)13-17)28-8-10-33-11-9-28/h4-7,12-13,18-20H,8-11,14-16H2,1-3H3. The maximum atomic E-state index is 15.2. The first kappa shape index (κ1) is 24.1. The zero-order valence-electron chi connectivity index (χ0n) is 20.4. The molecule has 0 bridgehead atoms. The number of piperidine rings is 1. The predicted molar refractivity (Wildman–Crippen MR) is 134 cm³/mol. The summed E-state index contributed by atoms with van der Waals surface area (Å²) < 4.78 is 26.1. The lowest BCUT2D eigenvalue weighted by molar-refractivity contribution is 0.0265. The van der Waals surface area contributed by atoms with Gasteiger partial charge in [0.2, 0.25) is 0 Å². The largest absolute Gasteiger partial charge is 0.444 e. The Balaban J connectivity index is 1.30. The van der Waals surface area contributed by atoms with Crippen LogP contribution in [0.25, 0.3) is 0 Å². The fraction of sp³-hybridized carbons (Fsp3) is 0.538. The van der Waals surface area contributed by atoms with Crippen molar-refractivity contribution in [3.8, 4) is 0 Å². The zero-order chi connectivity index (χ0) is 24.7. The van der Waals surface area contributed by atoms with E-state index in [4.69, 9.17) is 9.47 Å². The molecule has 2 atom stereocenters. The Morgan fingerprint density at radius 2 is 1.89 bits per heavy atom. The molecule has 5 rings (SSSR count). The highest BCUT2D eigenvalue weighted by molar-refractivity contribution is 7.12. The topological polar surface area (TPSA) is 62.3 Å². The van der Waals surface area contributed by atoms with Crippen molar-refractivity contribution in [3.05, 3.63) is 46.4 Å².